The Bertz CT molecular complexity index is 333. The molecule has 1 fully saturated rings. The Morgan fingerprint density at radius 3 is 2.65 bits per heavy atom. The van der Waals surface area contributed by atoms with Crippen LogP contribution in [0.2, 0.25) is 0 Å². The molecule has 0 unspecified atom stereocenters. The zero-order chi connectivity index (χ0) is 12.1. The third-order valence-corrected chi connectivity index (χ3v) is 4.14. The smallest absolute Gasteiger partial charge is 0.0374 e. The van der Waals surface area contributed by atoms with E-state index >= 15 is 0 Å². The molecule has 1 atom stereocenters. The van der Waals surface area contributed by atoms with Crippen molar-refractivity contribution in [1.82, 2.24) is 0 Å². The minimum Gasteiger partial charge on any atom is -0.366 e. The maximum atomic E-state index is 2.64. The second kappa shape index (κ2) is 5.57. The van der Waals surface area contributed by atoms with Gasteiger partial charge in [0.05, 0.1) is 0 Å². The van der Waals surface area contributed by atoms with Crippen LogP contribution >= 0.6 is 0 Å². The van der Waals surface area contributed by atoms with Gasteiger partial charge in [0, 0.05) is 17.8 Å². The zero-order valence-electron chi connectivity index (χ0n) is 11.3. The standard InChI is InChI=1S/C16H25N/c1-3-4-12-16(2)13-8-9-14-17(16)15-10-6-5-7-11-15/h5-7,10-11H,3-4,8-9,12-14H2,1-2H3/t16-/m1/s1. The predicted molar refractivity (Wildman–Crippen MR) is 75.6 cm³/mol. The van der Waals surface area contributed by atoms with Crippen LogP contribution in [-0.4, -0.2) is 12.1 Å². The summed E-state index contributed by atoms with van der Waals surface area (Å²) in [4.78, 5) is 2.64. The second-order valence-electron chi connectivity index (χ2n) is 5.54. The van der Waals surface area contributed by atoms with Gasteiger partial charge in [0.25, 0.3) is 0 Å². The van der Waals surface area contributed by atoms with Crippen LogP contribution in [0.4, 0.5) is 5.69 Å². The van der Waals surface area contributed by atoms with Crippen LogP contribution in [0.25, 0.3) is 0 Å². The van der Waals surface area contributed by atoms with E-state index < -0.39 is 0 Å². The molecular formula is C16H25N. The topological polar surface area (TPSA) is 3.24 Å². The van der Waals surface area contributed by atoms with Crippen molar-refractivity contribution in [3.8, 4) is 0 Å². The highest BCUT2D eigenvalue weighted by Gasteiger charge is 2.33. The lowest BCUT2D eigenvalue weighted by atomic mass is 9.83. The monoisotopic (exact) mass is 231 g/mol. The molecule has 0 radical (unpaired) electrons. The molecule has 0 saturated carbocycles. The average molecular weight is 231 g/mol. The summed E-state index contributed by atoms with van der Waals surface area (Å²) in [6.45, 7) is 5.97. The van der Waals surface area contributed by atoms with Gasteiger partial charge in [0.2, 0.25) is 0 Å². The number of benzene rings is 1. The summed E-state index contributed by atoms with van der Waals surface area (Å²) >= 11 is 0. The molecule has 1 saturated heterocycles. The quantitative estimate of drug-likeness (QED) is 0.730. The zero-order valence-corrected chi connectivity index (χ0v) is 11.3. The molecule has 1 heterocycles. The van der Waals surface area contributed by atoms with Crippen molar-refractivity contribution in [2.24, 2.45) is 0 Å². The fraction of sp³-hybridized carbons (Fsp3) is 0.625. The highest BCUT2D eigenvalue weighted by molar-refractivity contribution is 5.49. The van der Waals surface area contributed by atoms with Gasteiger partial charge in [-0.25, -0.2) is 0 Å². The van der Waals surface area contributed by atoms with Crippen LogP contribution in [0, 0.1) is 0 Å². The average Bonchev–Trinajstić information content (AvgIpc) is 2.38. The van der Waals surface area contributed by atoms with Gasteiger partial charge in [-0.1, -0.05) is 38.0 Å². The molecule has 1 aliphatic rings. The number of rotatable bonds is 4. The minimum absolute atomic E-state index is 0.385. The lowest BCUT2D eigenvalue weighted by Crippen LogP contribution is -2.49. The number of nitrogens with zero attached hydrogens (tertiary/aromatic N) is 1. The number of hydrogen-bond acceptors (Lipinski definition) is 1. The van der Waals surface area contributed by atoms with Crippen molar-refractivity contribution in [2.75, 3.05) is 11.4 Å². The third kappa shape index (κ3) is 2.83. The van der Waals surface area contributed by atoms with Crippen molar-refractivity contribution in [3.05, 3.63) is 30.3 Å². The second-order valence-corrected chi connectivity index (χ2v) is 5.54. The predicted octanol–water partition coefficient (Wildman–Crippen LogP) is 4.63. The molecule has 1 aromatic rings. The van der Waals surface area contributed by atoms with Gasteiger partial charge in [-0.2, -0.15) is 0 Å². The first-order chi connectivity index (χ1) is 8.26. The van der Waals surface area contributed by atoms with Crippen LogP contribution in [0.5, 0.6) is 0 Å². The first kappa shape index (κ1) is 12.5. The van der Waals surface area contributed by atoms with Gasteiger partial charge in [-0.05, 0) is 44.7 Å². The molecule has 1 heteroatoms. The van der Waals surface area contributed by atoms with Crippen molar-refractivity contribution >= 4 is 5.69 Å². The van der Waals surface area contributed by atoms with E-state index in [2.05, 4.69) is 49.1 Å². The van der Waals surface area contributed by atoms with E-state index in [4.69, 9.17) is 0 Å². The molecule has 0 spiro atoms. The van der Waals surface area contributed by atoms with Crippen LogP contribution in [0.15, 0.2) is 30.3 Å². The number of para-hydroxylation sites is 1. The number of unbranched alkanes of at least 4 members (excludes halogenated alkanes) is 1. The summed E-state index contributed by atoms with van der Waals surface area (Å²) in [5, 5.41) is 0. The molecule has 17 heavy (non-hydrogen) atoms. The van der Waals surface area contributed by atoms with E-state index in [0.29, 0.717) is 5.54 Å². The number of piperidine rings is 1. The summed E-state index contributed by atoms with van der Waals surface area (Å²) in [5.74, 6) is 0. The Morgan fingerprint density at radius 2 is 1.94 bits per heavy atom. The van der Waals surface area contributed by atoms with E-state index in [1.807, 2.05) is 0 Å². The van der Waals surface area contributed by atoms with E-state index in [9.17, 15) is 0 Å². The third-order valence-electron chi connectivity index (χ3n) is 4.14. The normalized spacial score (nSPS) is 24.9. The molecular weight excluding hydrogens is 206 g/mol. The fourth-order valence-electron chi connectivity index (χ4n) is 3.05. The Hall–Kier alpha value is -0.980. The van der Waals surface area contributed by atoms with Gasteiger partial charge in [-0.3, -0.25) is 0 Å². The summed E-state index contributed by atoms with van der Waals surface area (Å²) in [6, 6.07) is 10.9. The molecule has 2 rings (SSSR count). The molecule has 0 amide bonds. The molecule has 1 nitrogen and oxygen atoms in total. The van der Waals surface area contributed by atoms with E-state index in [1.165, 1.54) is 50.8 Å². The molecule has 0 bridgehead atoms. The van der Waals surface area contributed by atoms with Crippen molar-refractivity contribution in [1.29, 1.82) is 0 Å². The summed E-state index contributed by atoms with van der Waals surface area (Å²) in [6.07, 6.45) is 8.07. The Balaban J connectivity index is 2.17. The van der Waals surface area contributed by atoms with Crippen molar-refractivity contribution in [2.45, 2.75) is 57.9 Å². The molecule has 94 valence electrons. The highest BCUT2D eigenvalue weighted by Crippen LogP contribution is 2.36. The van der Waals surface area contributed by atoms with Crippen LogP contribution in [0.3, 0.4) is 0 Å². The molecule has 1 aliphatic heterocycles. The summed E-state index contributed by atoms with van der Waals surface area (Å²) < 4.78 is 0. The van der Waals surface area contributed by atoms with Crippen molar-refractivity contribution < 1.29 is 0 Å². The van der Waals surface area contributed by atoms with Crippen molar-refractivity contribution in [3.63, 3.8) is 0 Å². The first-order valence-electron chi connectivity index (χ1n) is 7.09. The Morgan fingerprint density at radius 1 is 1.18 bits per heavy atom. The Labute approximate surface area is 106 Å². The van der Waals surface area contributed by atoms with Crippen LogP contribution < -0.4 is 4.90 Å². The molecule has 0 aromatic heterocycles. The van der Waals surface area contributed by atoms with Gasteiger partial charge in [0.15, 0.2) is 0 Å². The molecule has 0 N–H and O–H groups in total. The van der Waals surface area contributed by atoms with E-state index in [0.717, 1.165) is 0 Å². The lowest BCUT2D eigenvalue weighted by Gasteiger charge is -2.47. The Kier molecular flexibility index (Phi) is 4.09. The maximum absolute atomic E-state index is 2.64. The van der Waals surface area contributed by atoms with Gasteiger partial charge >= 0.3 is 0 Å². The maximum Gasteiger partial charge on any atom is 0.0374 e. The van der Waals surface area contributed by atoms with E-state index in [1.54, 1.807) is 0 Å². The summed E-state index contributed by atoms with van der Waals surface area (Å²) in [7, 11) is 0. The SMILES string of the molecule is CCCC[C@]1(C)CCCCN1c1ccccc1. The van der Waals surface area contributed by atoms with Gasteiger partial charge < -0.3 is 4.90 Å². The lowest BCUT2D eigenvalue weighted by molar-refractivity contribution is 0.306. The number of anilines is 1. The largest absolute Gasteiger partial charge is 0.366 e. The minimum atomic E-state index is 0.385. The van der Waals surface area contributed by atoms with Crippen LogP contribution in [-0.2, 0) is 0 Å². The van der Waals surface area contributed by atoms with Gasteiger partial charge in [0.1, 0.15) is 0 Å². The highest BCUT2D eigenvalue weighted by atomic mass is 15.2. The fourth-order valence-corrected chi connectivity index (χ4v) is 3.05. The van der Waals surface area contributed by atoms with Crippen LogP contribution in [0.1, 0.15) is 52.4 Å². The summed E-state index contributed by atoms with van der Waals surface area (Å²) in [5.41, 5.74) is 1.79. The molecule has 0 aliphatic carbocycles. The van der Waals surface area contributed by atoms with E-state index in [-0.39, 0.29) is 0 Å². The first-order valence-corrected chi connectivity index (χ1v) is 7.09. The van der Waals surface area contributed by atoms with Gasteiger partial charge in [-0.15, -0.1) is 0 Å². The number of hydrogen-bond donors (Lipinski definition) is 0. The molecule has 1 aromatic carbocycles.